The van der Waals surface area contributed by atoms with Gasteiger partial charge in [0.05, 0.1) is 0 Å². The second-order valence-corrected chi connectivity index (χ2v) is 5.27. The predicted molar refractivity (Wildman–Crippen MR) is 80.7 cm³/mol. The van der Waals surface area contributed by atoms with Crippen molar-refractivity contribution >= 4 is 15.9 Å². The molecule has 1 atom stereocenters. The number of hydrogen-bond acceptors (Lipinski definition) is 1. The van der Waals surface area contributed by atoms with Crippen molar-refractivity contribution in [3.63, 3.8) is 0 Å². The first-order valence-electron chi connectivity index (χ1n) is 6.32. The molecule has 1 unspecified atom stereocenters. The minimum absolute atomic E-state index is 0.370. The van der Waals surface area contributed by atoms with Crippen LogP contribution in [0.2, 0.25) is 0 Å². The van der Waals surface area contributed by atoms with Crippen molar-refractivity contribution in [3.8, 4) is 0 Å². The molecule has 2 aromatic rings. The fourth-order valence-electron chi connectivity index (χ4n) is 2.13. The Morgan fingerprint density at radius 3 is 2.50 bits per heavy atom. The van der Waals surface area contributed by atoms with Gasteiger partial charge in [0.25, 0.3) is 0 Å². The molecule has 0 amide bonds. The minimum atomic E-state index is 0.370. The largest absolute Gasteiger partial charge is 0.310 e. The van der Waals surface area contributed by atoms with E-state index in [9.17, 15) is 0 Å². The van der Waals surface area contributed by atoms with Crippen molar-refractivity contribution in [2.75, 3.05) is 6.54 Å². The van der Waals surface area contributed by atoms with Gasteiger partial charge in [-0.1, -0.05) is 65.3 Å². The molecule has 0 fully saturated rings. The lowest BCUT2D eigenvalue weighted by atomic mass is 9.99. The molecule has 2 heteroatoms. The number of hydrogen-bond donors (Lipinski definition) is 1. The third-order valence-electron chi connectivity index (χ3n) is 2.98. The third-order valence-corrected chi connectivity index (χ3v) is 3.48. The van der Waals surface area contributed by atoms with E-state index in [0.717, 1.165) is 17.4 Å². The average Bonchev–Trinajstić information content (AvgIpc) is 2.39. The van der Waals surface area contributed by atoms with E-state index in [0.29, 0.717) is 6.04 Å². The second kappa shape index (κ2) is 6.72. The van der Waals surface area contributed by atoms with Gasteiger partial charge in [-0.05, 0) is 36.2 Å². The van der Waals surface area contributed by atoms with Gasteiger partial charge >= 0.3 is 0 Å². The van der Waals surface area contributed by atoms with E-state index in [1.807, 2.05) is 0 Å². The van der Waals surface area contributed by atoms with Crippen LogP contribution in [-0.4, -0.2) is 6.54 Å². The summed E-state index contributed by atoms with van der Waals surface area (Å²) in [4.78, 5) is 0. The van der Waals surface area contributed by atoms with E-state index < -0.39 is 0 Å². The summed E-state index contributed by atoms with van der Waals surface area (Å²) in [5, 5.41) is 3.55. The Hall–Kier alpha value is -1.12. The number of likely N-dealkylation sites (N-methyl/N-ethyl adjacent to an activating group) is 1. The van der Waals surface area contributed by atoms with Crippen molar-refractivity contribution in [2.45, 2.75) is 19.4 Å². The zero-order valence-electron chi connectivity index (χ0n) is 10.6. The maximum atomic E-state index is 3.55. The highest BCUT2D eigenvalue weighted by Crippen LogP contribution is 2.21. The predicted octanol–water partition coefficient (Wildman–Crippen LogP) is 4.34. The Balaban J connectivity index is 2.18. The van der Waals surface area contributed by atoms with Crippen LogP contribution in [0.4, 0.5) is 0 Å². The summed E-state index contributed by atoms with van der Waals surface area (Å²) in [6.07, 6.45) is 1.02. The van der Waals surface area contributed by atoms with Gasteiger partial charge in [-0.2, -0.15) is 0 Å². The molecule has 0 radical (unpaired) electrons. The monoisotopic (exact) mass is 303 g/mol. The fourth-order valence-corrected chi connectivity index (χ4v) is 2.54. The molecule has 2 rings (SSSR count). The molecule has 18 heavy (non-hydrogen) atoms. The number of nitrogens with one attached hydrogen (secondary N) is 1. The summed E-state index contributed by atoms with van der Waals surface area (Å²) in [5.74, 6) is 0. The molecule has 0 aromatic heterocycles. The van der Waals surface area contributed by atoms with Crippen molar-refractivity contribution in [2.24, 2.45) is 0 Å². The van der Waals surface area contributed by atoms with E-state index >= 15 is 0 Å². The molecule has 0 aliphatic heterocycles. The van der Waals surface area contributed by atoms with Crippen LogP contribution in [0.1, 0.15) is 24.1 Å². The molecule has 0 aliphatic carbocycles. The molecule has 2 aromatic carbocycles. The van der Waals surface area contributed by atoms with Crippen LogP contribution >= 0.6 is 15.9 Å². The fraction of sp³-hybridized carbons (Fsp3) is 0.250. The summed E-state index contributed by atoms with van der Waals surface area (Å²) < 4.78 is 1.14. The molecule has 0 heterocycles. The van der Waals surface area contributed by atoms with Crippen LogP contribution in [0.5, 0.6) is 0 Å². The second-order valence-electron chi connectivity index (χ2n) is 4.35. The zero-order chi connectivity index (χ0) is 12.8. The highest BCUT2D eigenvalue weighted by atomic mass is 79.9. The van der Waals surface area contributed by atoms with Crippen LogP contribution in [-0.2, 0) is 6.42 Å². The Morgan fingerprint density at radius 2 is 1.83 bits per heavy atom. The van der Waals surface area contributed by atoms with Gasteiger partial charge in [-0.3, -0.25) is 0 Å². The highest BCUT2D eigenvalue weighted by molar-refractivity contribution is 9.10. The summed E-state index contributed by atoms with van der Waals surface area (Å²) in [5.41, 5.74) is 2.69. The minimum Gasteiger partial charge on any atom is -0.310 e. The molecule has 0 bridgehead atoms. The van der Waals surface area contributed by atoms with Crippen molar-refractivity contribution in [3.05, 3.63) is 70.2 Å². The Labute approximate surface area is 117 Å². The van der Waals surface area contributed by atoms with Gasteiger partial charge in [-0.25, -0.2) is 0 Å². The van der Waals surface area contributed by atoms with E-state index in [2.05, 4.69) is 82.8 Å². The van der Waals surface area contributed by atoms with Gasteiger partial charge < -0.3 is 5.32 Å². The number of halogens is 1. The maximum absolute atomic E-state index is 3.55. The molecule has 0 saturated carbocycles. The first-order valence-corrected chi connectivity index (χ1v) is 7.11. The van der Waals surface area contributed by atoms with E-state index in [4.69, 9.17) is 0 Å². The maximum Gasteiger partial charge on any atom is 0.0361 e. The summed E-state index contributed by atoms with van der Waals surface area (Å²) >= 11 is 3.54. The summed E-state index contributed by atoms with van der Waals surface area (Å²) in [6, 6.07) is 19.5. The topological polar surface area (TPSA) is 12.0 Å². The Bertz CT molecular complexity index is 481. The zero-order valence-corrected chi connectivity index (χ0v) is 12.2. The van der Waals surface area contributed by atoms with Gasteiger partial charge in [0.2, 0.25) is 0 Å². The molecule has 0 aliphatic rings. The van der Waals surface area contributed by atoms with Gasteiger partial charge in [0, 0.05) is 10.5 Å². The molecular formula is C16H18BrN. The number of rotatable bonds is 5. The summed E-state index contributed by atoms with van der Waals surface area (Å²) in [7, 11) is 0. The van der Waals surface area contributed by atoms with Gasteiger partial charge in [-0.15, -0.1) is 0 Å². The highest BCUT2D eigenvalue weighted by Gasteiger charge is 2.11. The van der Waals surface area contributed by atoms with E-state index in [1.54, 1.807) is 0 Å². The van der Waals surface area contributed by atoms with Crippen LogP contribution in [0.3, 0.4) is 0 Å². The van der Waals surface area contributed by atoms with Crippen molar-refractivity contribution in [1.29, 1.82) is 0 Å². The quantitative estimate of drug-likeness (QED) is 0.866. The molecule has 0 spiro atoms. The Morgan fingerprint density at radius 1 is 1.06 bits per heavy atom. The van der Waals surface area contributed by atoms with Crippen LogP contribution in [0.15, 0.2) is 59.1 Å². The average molecular weight is 304 g/mol. The van der Waals surface area contributed by atoms with Crippen molar-refractivity contribution < 1.29 is 0 Å². The van der Waals surface area contributed by atoms with Gasteiger partial charge in [0.1, 0.15) is 0 Å². The normalized spacial score (nSPS) is 12.3. The smallest absolute Gasteiger partial charge is 0.0361 e. The van der Waals surface area contributed by atoms with Crippen LogP contribution in [0, 0.1) is 0 Å². The lowest BCUT2D eigenvalue weighted by molar-refractivity contribution is 0.549. The van der Waals surface area contributed by atoms with Crippen LogP contribution < -0.4 is 5.32 Å². The van der Waals surface area contributed by atoms with Crippen LogP contribution in [0.25, 0.3) is 0 Å². The lowest BCUT2D eigenvalue weighted by Crippen LogP contribution is -2.22. The number of benzene rings is 2. The summed E-state index contributed by atoms with van der Waals surface area (Å²) in [6.45, 7) is 3.12. The SMILES string of the molecule is CCNC(Cc1ccccc1)c1cccc(Br)c1. The molecule has 94 valence electrons. The standard InChI is InChI=1S/C16H18BrN/c1-2-18-16(11-13-7-4-3-5-8-13)14-9-6-10-15(17)12-14/h3-10,12,16,18H,2,11H2,1H3. The lowest BCUT2D eigenvalue weighted by Gasteiger charge is -2.18. The first-order chi connectivity index (χ1) is 8.79. The molecule has 1 nitrogen and oxygen atoms in total. The van der Waals surface area contributed by atoms with Crippen molar-refractivity contribution in [1.82, 2.24) is 5.32 Å². The van der Waals surface area contributed by atoms with Gasteiger partial charge in [0.15, 0.2) is 0 Å². The molecular weight excluding hydrogens is 286 g/mol. The third kappa shape index (κ3) is 3.69. The van der Waals surface area contributed by atoms with E-state index in [1.165, 1.54) is 11.1 Å². The molecule has 0 saturated heterocycles. The Kier molecular flexibility index (Phi) is 4.97. The first kappa shape index (κ1) is 13.3. The van der Waals surface area contributed by atoms with E-state index in [-0.39, 0.29) is 0 Å². The molecule has 1 N–H and O–H groups in total.